The Morgan fingerprint density at radius 1 is 1.17 bits per heavy atom. The molecule has 1 atom stereocenters. The van der Waals surface area contributed by atoms with Gasteiger partial charge in [-0.3, -0.25) is 4.79 Å². The van der Waals surface area contributed by atoms with Crippen LogP contribution in [0, 0.1) is 5.82 Å². The van der Waals surface area contributed by atoms with Crippen molar-refractivity contribution in [1.29, 1.82) is 0 Å². The molecule has 1 heterocycles. The summed E-state index contributed by atoms with van der Waals surface area (Å²) in [7, 11) is -4.86. The van der Waals surface area contributed by atoms with Gasteiger partial charge in [0.05, 0.1) is 24.7 Å². The monoisotopic (exact) mass is 445 g/mol. The second-order valence-electron chi connectivity index (χ2n) is 6.37. The number of amides is 1. The van der Waals surface area contributed by atoms with Crippen LogP contribution in [0.3, 0.4) is 0 Å². The molecule has 6 nitrogen and oxygen atoms in total. The molecule has 3 rings (SSSR count). The van der Waals surface area contributed by atoms with Crippen molar-refractivity contribution in [3.05, 3.63) is 64.4 Å². The number of hydrogen-bond acceptors (Lipinski definition) is 5. The first-order valence-corrected chi connectivity index (χ1v) is 10.5. The van der Waals surface area contributed by atoms with Crippen molar-refractivity contribution in [3.8, 4) is 0 Å². The van der Waals surface area contributed by atoms with Crippen molar-refractivity contribution in [3.63, 3.8) is 0 Å². The Morgan fingerprint density at radius 2 is 1.83 bits per heavy atom. The summed E-state index contributed by atoms with van der Waals surface area (Å²) in [5.74, 6) is -0.863. The Bertz CT molecular complexity index is 979. The van der Waals surface area contributed by atoms with Gasteiger partial charge >= 0.3 is 10.2 Å². The van der Waals surface area contributed by atoms with Gasteiger partial charge in [-0.05, 0) is 41.5 Å². The second kappa shape index (κ2) is 9.17. The van der Waals surface area contributed by atoms with Crippen LogP contribution in [0.25, 0.3) is 0 Å². The smallest absolute Gasteiger partial charge is 0.332 e. The molecule has 0 bridgehead atoms. The molecule has 1 unspecified atom stereocenters. The number of carbonyl (C=O) groups excluding carboxylic acids is 1. The molecule has 2 aromatic carbocycles. The van der Waals surface area contributed by atoms with Crippen LogP contribution in [0.5, 0.6) is 0 Å². The van der Waals surface area contributed by atoms with Gasteiger partial charge in [-0.15, -0.1) is 3.89 Å². The molecule has 1 aliphatic heterocycles. The van der Waals surface area contributed by atoms with E-state index in [0.29, 0.717) is 37.4 Å². The van der Waals surface area contributed by atoms with Crippen LogP contribution in [0.2, 0.25) is 5.02 Å². The Kier molecular flexibility index (Phi) is 6.84. The molecule has 1 saturated heterocycles. The van der Waals surface area contributed by atoms with Gasteiger partial charge in [0.2, 0.25) is 0 Å². The number of ether oxygens (including phenoxy) is 2. The number of hydrogen-bond donors (Lipinski definition) is 0. The van der Waals surface area contributed by atoms with Crippen LogP contribution < -0.4 is 0 Å². The van der Waals surface area contributed by atoms with Gasteiger partial charge in [-0.25, -0.2) is 4.39 Å². The summed E-state index contributed by atoms with van der Waals surface area (Å²) in [6, 6.07) is 8.53. The Labute approximate surface area is 172 Å². The van der Waals surface area contributed by atoms with E-state index in [1.54, 1.807) is 4.90 Å². The van der Waals surface area contributed by atoms with Crippen molar-refractivity contribution in [1.82, 2.24) is 4.90 Å². The lowest BCUT2D eigenvalue weighted by Crippen LogP contribution is -2.43. The van der Waals surface area contributed by atoms with Crippen LogP contribution in [-0.2, 0) is 31.1 Å². The lowest BCUT2D eigenvalue weighted by molar-refractivity contribution is -0.149. The van der Waals surface area contributed by atoms with Crippen molar-refractivity contribution >= 4 is 27.7 Å². The van der Waals surface area contributed by atoms with Gasteiger partial charge in [0.15, 0.2) is 6.10 Å². The van der Waals surface area contributed by atoms with Crippen molar-refractivity contribution < 1.29 is 31.0 Å². The normalized spacial score (nSPS) is 15.9. The van der Waals surface area contributed by atoms with Crippen LogP contribution in [0.4, 0.5) is 8.28 Å². The third-order valence-electron chi connectivity index (χ3n) is 4.42. The van der Waals surface area contributed by atoms with Gasteiger partial charge in [-0.1, -0.05) is 23.7 Å². The van der Waals surface area contributed by atoms with E-state index in [1.165, 1.54) is 30.3 Å². The number of morpholine rings is 1. The molecule has 2 aromatic rings. The van der Waals surface area contributed by atoms with Gasteiger partial charge < -0.3 is 14.4 Å². The fourth-order valence-corrected chi connectivity index (χ4v) is 3.53. The molecule has 1 amide bonds. The van der Waals surface area contributed by atoms with E-state index >= 15 is 0 Å². The lowest BCUT2D eigenvalue weighted by atomic mass is 10.1. The molecule has 1 fully saturated rings. The molecule has 0 aliphatic carbocycles. The molecule has 1 aliphatic rings. The number of rotatable bonds is 6. The molecule has 156 valence electrons. The maximum absolute atomic E-state index is 13.5. The summed E-state index contributed by atoms with van der Waals surface area (Å²) in [4.78, 5) is 14.0. The van der Waals surface area contributed by atoms with E-state index in [9.17, 15) is 21.5 Å². The lowest BCUT2D eigenvalue weighted by Gasteiger charge is -2.30. The maximum Gasteiger partial charge on any atom is 0.332 e. The van der Waals surface area contributed by atoms with E-state index in [4.69, 9.17) is 21.1 Å². The van der Waals surface area contributed by atoms with Crippen molar-refractivity contribution in [2.45, 2.75) is 17.6 Å². The molecule has 29 heavy (non-hydrogen) atoms. The quantitative estimate of drug-likeness (QED) is 0.638. The Balaban J connectivity index is 1.86. The van der Waals surface area contributed by atoms with E-state index in [1.807, 2.05) is 0 Å². The zero-order valence-corrected chi connectivity index (χ0v) is 16.8. The van der Waals surface area contributed by atoms with Gasteiger partial charge in [0, 0.05) is 18.1 Å². The van der Waals surface area contributed by atoms with Gasteiger partial charge in [-0.2, -0.15) is 8.42 Å². The van der Waals surface area contributed by atoms with E-state index in [0.717, 1.165) is 12.1 Å². The first-order valence-electron chi connectivity index (χ1n) is 8.72. The molecule has 10 heteroatoms. The number of benzene rings is 2. The summed E-state index contributed by atoms with van der Waals surface area (Å²) < 4.78 is 59.7. The number of nitrogens with zero attached hydrogens (tertiary/aromatic N) is 1. The first kappa shape index (κ1) is 21.6. The maximum atomic E-state index is 13.5. The van der Waals surface area contributed by atoms with E-state index in [2.05, 4.69) is 0 Å². The number of halogens is 3. The number of carbonyl (C=O) groups is 1. The van der Waals surface area contributed by atoms with Gasteiger partial charge in [0.1, 0.15) is 5.82 Å². The predicted molar refractivity (Wildman–Crippen MR) is 101 cm³/mol. The zero-order valence-electron chi connectivity index (χ0n) is 15.2. The molecule has 0 saturated carbocycles. The van der Waals surface area contributed by atoms with E-state index in [-0.39, 0.29) is 17.5 Å². The third-order valence-corrected chi connectivity index (χ3v) is 5.63. The second-order valence-corrected chi connectivity index (χ2v) is 8.13. The SMILES string of the molecule is O=C(C(OCc1cc(F)ccc1Cl)c1ccc(S(=O)(=O)F)cc1)N1CCOCC1. The van der Waals surface area contributed by atoms with Crippen LogP contribution >= 0.6 is 11.6 Å². The minimum atomic E-state index is -4.86. The van der Waals surface area contributed by atoms with Crippen molar-refractivity contribution in [2.24, 2.45) is 0 Å². The topological polar surface area (TPSA) is 72.9 Å². The molecule has 0 N–H and O–H groups in total. The Hall–Kier alpha value is -2.07. The highest BCUT2D eigenvalue weighted by Crippen LogP contribution is 2.26. The largest absolute Gasteiger partial charge is 0.378 e. The van der Waals surface area contributed by atoms with Crippen LogP contribution in [0.1, 0.15) is 17.2 Å². The third kappa shape index (κ3) is 5.51. The average molecular weight is 446 g/mol. The van der Waals surface area contributed by atoms with Gasteiger partial charge in [0.25, 0.3) is 5.91 Å². The highest BCUT2D eigenvalue weighted by molar-refractivity contribution is 7.86. The molecule has 0 aromatic heterocycles. The van der Waals surface area contributed by atoms with E-state index < -0.39 is 27.0 Å². The minimum absolute atomic E-state index is 0.152. The first-order chi connectivity index (χ1) is 13.8. The van der Waals surface area contributed by atoms with Crippen LogP contribution in [-0.4, -0.2) is 45.5 Å². The fraction of sp³-hybridized carbons (Fsp3) is 0.316. The zero-order chi connectivity index (χ0) is 21.0. The van der Waals surface area contributed by atoms with Crippen LogP contribution in [0.15, 0.2) is 47.4 Å². The molecular formula is C19H18ClF2NO5S. The highest BCUT2D eigenvalue weighted by Gasteiger charge is 2.29. The standard InChI is InChI=1S/C19H18ClF2NO5S/c20-17-6-3-15(21)11-14(17)12-28-18(19(24)23-7-9-27-10-8-23)13-1-4-16(5-2-13)29(22,25)26/h1-6,11,18H,7-10,12H2. The predicted octanol–water partition coefficient (Wildman–Crippen LogP) is 3.25. The summed E-state index contributed by atoms with van der Waals surface area (Å²) in [5, 5.41) is 0.280. The summed E-state index contributed by atoms with van der Waals surface area (Å²) in [6.07, 6.45) is -1.11. The summed E-state index contributed by atoms with van der Waals surface area (Å²) in [5.41, 5.74) is 0.691. The molecule has 0 spiro atoms. The molecule has 0 radical (unpaired) electrons. The van der Waals surface area contributed by atoms with Crippen molar-refractivity contribution in [2.75, 3.05) is 26.3 Å². The minimum Gasteiger partial charge on any atom is -0.378 e. The summed E-state index contributed by atoms with van der Waals surface area (Å²) >= 11 is 6.06. The highest BCUT2D eigenvalue weighted by atomic mass is 35.5. The summed E-state index contributed by atoms with van der Waals surface area (Å²) in [6.45, 7) is 1.35. The Morgan fingerprint density at radius 3 is 2.45 bits per heavy atom. The molecular weight excluding hydrogens is 428 g/mol. The fourth-order valence-electron chi connectivity index (χ4n) is 2.89. The average Bonchev–Trinajstić information content (AvgIpc) is 2.71.